The third-order valence-electron chi connectivity index (χ3n) is 4.52. The summed E-state index contributed by atoms with van der Waals surface area (Å²) < 4.78 is 9.84. The van der Waals surface area contributed by atoms with Crippen LogP contribution in [-0.2, 0) is 19.1 Å². The first-order chi connectivity index (χ1) is 13.3. The largest absolute Gasteiger partial charge is 0.478 e. The van der Waals surface area contributed by atoms with Crippen molar-refractivity contribution in [2.24, 2.45) is 0 Å². The molecule has 0 aliphatic heterocycles. The molecule has 2 N–H and O–H groups in total. The van der Waals surface area contributed by atoms with E-state index in [0.29, 0.717) is 25.7 Å². The number of aromatic carboxylic acids is 1. The van der Waals surface area contributed by atoms with Crippen LogP contribution < -0.4 is 0 Å². The van der Waals surface area contributed by atoms with Crippen molar-refractivity contribution in [1.29, 1.82) is 0 Å². The lowest BCUT2D eigenvalue weighted by Crippen LogP contribution is -2.36. The number of hydrogen-bond donors (Lipinski definition) is 2. The quantitative estimate of drug-likeness (QED) is 0.299. The highest BCUT2D eigenvalue weighted by Gasteiger charge is 2.32. The van der Waals surface area contributed by atoms with Crippen molar-refractivity contribution in [3.8, 4) is 0 Å². The molecule has 28 heavy (non-hydrogen) atoms. The standard InChI is InChI=1S/C20H24O8/c21-16(27-19(25)15-10-8-14(9-11-15)18(23)24)6-2-3-7-17(22)28-20(26)12-4-1-5-13-20/h8-11,26H,1-7,12-13H2,(H,23,24). The molecule has 0 saturated heterocycles. The third-order valence-corrected chi connectivity index (χ3v) is 4.52. The summed E-state index contributed by atoms with van der Waals surface area (Å²) in [4.78, 5) is 46.1. The Labute approximate surface area is 162 Å². The van der Waals surface area contributed by atoms with Crippen LogP contribution >= 0.6 is 0 Å². The molecule has 1 aliphatic carbocycles. The van der Waals surface area contributed by atoms with Crippen molar-refractivity contribution < 1.29 is 38.9 Å². The maximum absolute atomic E-state index is 11.8. The van der Waals surface area contributed by atoms with Gasteiger partial charge in [0, 0.05) is 25.7 Å². The van der Waals surface area contributed by atoms with E-state index < -0.39 is 29.7 Å². The van der Waals surface area contributed by atoms with E-state index in [1.807, 2.05) is 0 Å². The van der Waals surface area contributed by atoms with Gasteiger partial charge >= 0.3 is 23.9 Å². The van der Waals surface area contributed by atoms with Gasteiger partial charge in [-0.05, 0) is 49.9 Å². The molecule has 1 saturated carbocycles. The first-order valence-electron chi connectivity index (χ1n) is 9.32. The summed E-state index contributed by atoms with van der Waals surface area (Å²) in [5.74, 6) is -4.58. The number of carbonyl (C=O) groups is 4. The number of aliphatic hydroxyl groups is 1. The van der Waals surface area contributed by atoms with Crippen LogP contribution in [0.3, 0.4) is 0 Å². The van der Waals surface area contributed by atoms with Crippen molar-refractivity contribution >= 4 is 23.9 Å². The molecule has 8 nitrogen and oxygen atoms in total. The zero-order chi connectivity index (χ0) is 20.6. The fraction of sp³-hybridized carbons (Fsp3) is 0.500. The molecular weight excluding hydrogens is 368 g/mol. The van der Waals surface area contributed by atoms with Crippen molar-refractivity contribution in [3.05, 3.63) is 35.4 Å². The predicted octanol–water partition coefficient (Wildman–Crippen LogP) is 2.82. The van der Waals surface area contributed by atoms with Crippen LogP contribution in [0.2, 0.25) is 0 Å². The van der Waals surface area contributed by atoms with E-state index in [1.165, 1.54) is 24.3 Å². The lowest BCUT2D eigenvalue weighted by Gasteiger charge is -2.31. The number of esters is 3. The summed E-state index contributed by atoms with van der Waals surface area (Å²) in [7, 11) is 0. The van der Waals surface area contributed by atoms with Crippen LogP contribution in [-0.4, -0.2) is 39.9 Å². The molecular formula is C20H24O8. The summed E-state index contributed by atoms with van der Waals surface area (Å²) in [6.07, 6.45) is 4.27. The Balaban J connectivity index is 1.66. The Hall–Kier alpha value is -2.74. The number of ether oxygens (including phenoxy) is 2. The van der Waals surface area contributed by atoms with Crippen molar-refractivity contribution in [2.75, 3.05) is 0 Å². The van der Waals surface area contributed by atoms with E-state index in [2.05, 4.69) is 0 Å². The summed E-state index contributed by atoms with van der Waals surface area (Å²) in [6.45, 7) is 0. The SMILES string of the molecule is O=C(CCCCC(=O)OC1(O)CCCCC1)OC(=O)c1ccc(C(=O)O)cc1. The molecule has 0 aromatic heterocycles. The van der Waals surface area contributed by atoms with Crippen LogP contribution in [0.5, 0.6) is 0 Å². The minimum Gasteiger partial charge on any atom is -0.478 e. The monoisotopic (exact) mass is 392 g/mol. The highest BCUT2D eigenvalue weighted by molar-refractivity contribution is 5.97. The molecule has 152 valence electrons. The molecule has 1 aromatic rings. The number of benzene rings is 1. The fourth-order valence-corrected chi connectivity index (χ4v) is 2.97. The van der Waals surface area contributed by atoms with E-state index in [4.69, 9.17) is 14.6 Å². The molecule has 0 unspecified atom stereocenters. The minimum absolute atomic E-state index is 0.0210. The van der Waals surface area contributed by atoms with Crippen molar-refractivity contribution in [2.45, 2.75) is 63.6 Å². The van der Waals surface area contributed by atoms with Gasteiger partial charge in [0.15, 0.2) is 0 Å². The van der Waals surface area contributed by atoms with Gasteiger partial charge in [-0.25, -0.2) is 9.59 Å². The second kappa shape index (κ2) is 9.98. The Morgan fingerprint density at radius 3 is 1.96 bits per heavy atom. The van der Waals surface area contributed by atoms with E-state index in [-0.39, 0.29) is 24.0 Å². The zero-order valence-electron chi connectivity index (χ0n) is 15.5. The number of hydrogen-bond acceptors (Lipinski definition) is 7. The molecule has 2 rings (SSSR count). The van der Waals surface area contributed by atoms with Gasteiger partial charge in [-0.1, -0.05) is 6.42 Å². The van der Waals surface area contributed by atoms with E-state index in [9.17, 15) is 24.3 Å². The first kappa shape index (κ1) is 21.6. The number of rotatable bonds is 8. The molecule has 0 spiro atoms. The number of unbranched alkanes of at least 4 members (excludes halogenated alkanes) is 1. The Morgan fingerprint density at radius 2 is 1.39 bits per heavy atom. The van der Waals surface area contributed by atoms with Gasteiger partial charge in [-0.2, -0.15) is 0 Å². The molecule has 0 atom stereocenters. The van der Waals surface area contributed by atoms with Crippen molar-refractivity contribution in [1.82, 2.24) is 0 Å². The number of carboxylic acids is 1. The lowest BCUT2D eigenvalue weighted by molar-refractivity contribution is -0.220. The van der Waals surface area contributed by atoms with Gasteiger partial charge in [0.05, 0.1) is 11.1 Å². The second-order valence-electron chi connectivity index (χ2n) is 6.83. The summed E-state index contributed by atoms with van der Waals surface area (Å²) in [5, 5.41) is 19.0. The average Bonchev–Trinajstić information content (AvgIpc) is 2.65. The Bertz CT molecular complexity index is 716. The molecule has 1 fully saturated rings. The maximum atomic E-state index is 11.8. The average molecular weight is 392 g/mol. The van der Waals surface area contributed by atoms with E-state index >= 15 is 0 Å². The van der Waals surface area contributed by atoms with Crippen LogP contribution in [0.4, 0.5) is 0 Å². The van der Waals surface area contributed by atoms with Gasteiger partial charge in [0.25, 0.3) is 0 Å². The predicted molar refractivity (Wildman–Crippen MR) is 96.4 cm³/mol. The Kier molecular flexibility index (Phi) is 7.69. The highest BCUT2D eigenvalue weighted by atomic mass is 16.7. The molecule has 0 heterocycles. The molecule has 0 radical (unpaired) electrons. The molecule has 0 amide bonds. The third kappa shape index (κ3) is 6.77. The van der Waals surface area contributed by atoms with Gasteiger partial charge in [0.2, 0.25) is 5.79 Å². The van der Waals surface area contributed by atoms with Crippen LogP contribution in [0.15, 0.2) is 24.3 Å². The second-order valence-corrected chi connectivity index (χ2v) is 6.83. The van der Waals surface area contributed by atoms with Crippen LogP contribution in [0.1, 0.15) is 78.5 Å². The maximum Gasteiger partial charge on any atom is 0.345 e. The Morgan fingerprint density at radius 1 is 0.857 bits per heavy atom. The zero-order valence-corrected chi connectivity index (χ0v) is 15.5. The van der Waals surface area contributed by atoms with Gasteiger partial charge in [0.1, 0.15) is 0 Å². The first-order valence-corrected chi connectivity index (χ1v) is 9.32. The normalized spacial score (nSPS) is 15.5. The number of carboxylic acid groups (broad SMARTS) is 1. The van der Waals surface area contributed by atoms with E-state index in [0.717, 1.165) is 19.3 Å². The molecule has 1 aromatic carbocycles. The lowest BCUT2D eigenvalue weighted by atomic mass is 9.94. The van der Waals surface area contributed by atoms with Crippen molar-refractivity contribution in [3.63, 3.8) is 0 Å². The van der Waals surface area contributed by atoms with Crippen LogP contribution in [0.25, 0.3) is 0 Å². The molecule has 0 bridgehead atoms. The van der Waals surface area contributed by atoms with Gasteiger partial charge < -0.3 is 19.7 Å². The summed E-state index contributed by atoms with van der Waals surface area (Å²) in [6, 6.07) is 5.03. The molecule has 8 heteroatoms. The highest BCUT2D eigenvalue weighted by Crippen LogP contribution is 2.29. The smallest absolute Gasteiger partial charge is 0.345 e. The minimum atomic E-state index is -1.36. The molecule has 1 aliphatic rings. The van der Waals surface area contributed by atoms with Crippen LogP contribution in [0, 0.1) is 0 Å². The topological polar surface area (TPSA) is 127 Å². The summed E-state index contributed by atoms with van der Waals surface area (Å²) in [5.41, 5.74) is 0.0929. The number of carbonyl (C=O) groups excluding carboxylic acids is 3. The summed E-state index contributed by atoms with van der Waals surface area (Å²) >= 11 is 0. The van der Waals surface area contributed by atoms with Gasteiger partial charge in [-0.15, -0.1) is 0 Å². The fourth-order valence-electron chi connectivity index (χ4n) is 2.97. The van der Waals surface area contributed by atoms with E-state index in [1.54, 1.807) is 0 Å². The van der Waals surface area contributed by atoms with Gasteiger partial charge in [-0.3, -0.25) is 9.59 Å².